The average Bonchev–Trinajstić information content (AvgIpc) is 2.40. The molecule has 1 fully saturated rings. The molecule has 1 N–H and O–H groups in total. The van der Waals surface area contributed by atoms with E-state index in [-0.39, 0.29) is 12.0 Å². The summed E-state index contributed by atoms with van der Waals surface area (Å²) in [6.07, 6.45) is 9.28. The minimum Gasteiger partial charge on any atom is -0.481 e. The van der Waals surface area contributed by atoms with E-state index in [0.29, 0.717) is 0 Å². The summed E-state index contributed by atoms with van der Waals surface area (Å²) >= 11 is 0. The van der Waals surface area contributed by atoms with Crippen molar-refractivity contribution in [3.8, 4) is 0 Å². The van der Waals surface area contributed by atoms with Gasteiger partial charge in [-0.25, -0.2) is 0 Å². The number of hydrogen-bond acceptors (Lipinski definition) is 3. The lowest BCUT2D eigenvalue weighted by Crippen LogP contribution is -2.49. The second-order valence-electron chi connectivity index (χ2n) is 5.57. The van der Waals surface area contributed by atoms with Crippen molar-refractivity contribution in [3.63, 3.8) is 0 Å². The number of nitrogens with zero attached hydrogens (tertiary/aromatic N) is 2. The van der Waals surface area contributed by atoms with Crippen LogP contribution in [0, 0.1) is 0 Å². The van der Waals surface area contributed by atoms with Crippen LogP contribution >= 0.6 is 0 Å². The van der Waals surface area contributed by atoms with Crippen molar-refractivity contribution in [2.75, 3.05) is 7.05 Å². The molecular weight excluding hydrogens is 240 g/mol. The third-order valence-electron chi connectivity index (χ3n) is 4.24. The van der Waals surface area contributed by atoms with Gasteiger partial charge in [0, 0.05) is 24.5 Å². The van der Waals surface area contributed by atoms with Crippen LogP contribution in [0.1, 0.15) is 44.1 Å². The van der Waals surface area contributed by atoms with Crippen molar-refractivity contribution in [2.45, 2.75) is 50.6 Å². The molecule has 2 rings (SSSR count). The Morgan fingerprint density at radius 3 is 2.53 bits per heavy atom. The molecule has 1 aromatic rings. The van der Waals surface area contributed by atoms with Crippen molar-refractivity contribution in [1.29, 1.82) is 0 Å². The molecule has 104 valence electrons. The van der Waals surface area contributed by atoms with E-state index in [1.54, 1.807) is 12.4 Å². The number of rotatable bonds is 5. The molecule has 1 heterocycles. The zero-order valence-electron chi connectivity index (χ0n) is 11.5. The van der Waals surface area contributed by atoms with Gasteiger partial charge in [0.25, 0.3) is 0 Å². The van der Waals surface area contributed by atoms with Crippen molar-refractivity contribution in [1.82, 2.24) is 9.88 Å². The molecule has 0 unspecified atom stereocenters. The van der Waals surface area contributed by atoms with Gasteiger partial charge in [-0.1, -0.05) is 19.3 Å². The number of carboxylic acids is 1. The third-order valence-corrected chi connectivity index (χ3v) is 4.24. The van der Waals surface area contributed by atoms with E-state index < -0.39 is 5.97 Å². The highest BCUT2D eigenvalue weighted by atomic mass is 16.4. The van der Waals surface area contributed by atoms with Gasteiger partial charge in [0.05, 0.1) is 6.42 Å². The molecule has 0 aliphatic heterocycles. The molecular formula is C15H22N2O2. The number of pyridine rings is 1. The Kier molecular flexibility index (Phi) is 4.53. The third kappa shape index (κ3) is 3.53. The first-order chi connectivity index (χ1) is 9.12. The fourth-order valence-corrected chi connectivity index (χ4v) is 3.11. The zero-order valence-corrected chi connectivity index (χ0v) is 11.5. The first-order valence-corrected chi connectivity index (χ1v) is 6.94. The van der Waals surface area contributed by atoms with Crippen molar-refractivity contribution in [2.24, 2.45) is 0 Å². The van der Waals surface area contributed by atoms with Crippen molar-refractivity contribution < 1.29 is 9.90 Å². The van der Waals surface area contributed by atoms with E-state index in [2.05, 4.69) is 16.9 Å². The minimum absolute atomic E-state index is 0.173. The van der Waals surface area contributed by atoms with E-state index in [9.17, 15) is 9.90 Å². The summed E-state index contributed by atoms with van der Waals surface area (Å²) in [6.45, 7) is 0.788. The molecule has 4 nitrogen and oxygen atoms in total. The summed E-state index contributed by atoms with van der Waals surface area (Å²) in [5.41, 5.74) is 1.01. The lowest BCUT2D eigenvalue weighted by Gasteiger charge is -2.44. The maximum absolute atomic E-state index is 11.2. The molecule has 4 heteroatoms. The first-order valence-electron chi connectivity index (χ1n) is 6.94. The van der Waals surface area contributed by atoms with Gasteiger partial charge in [0.2, 0.25) is 0 Å². The van der Waals surface area contributed by atoms with Crippen LogP contribution in [0.5, 0.6) is 0 Å². The normalized spacial score (nSPS) is 18.4. The van der Waals surface area contributed by atoms with E-state index in [1.807, 2.05) is 12.1 Å². The van der Waals surface area contributed by atoms with Crippen LogP contribution in [-0.4, -0.2) is 33.5 Å². The van der Waals surface area contributed by atoms with Gasteiger partial charge in [-0.15, -0.1) is 0 Å². The predicted molar refractivity (Wildman–Crippen MR) is 73.8 cm³/mol. The summed E-state index contributed by atoms with van der Waals surface area (Å²) < 4.78 is 0. The average molecular weight is 262 g/mol. The van der Waals surface area contributed by atoms with E-state index in [0.717, 1.165) is 32.2 Å². The Bertz CT molecular complexity index is 413. The predicted octanol–water partition coefficient (Wildman–Crippen LogP) is 2.69. The van der Waals surface area contributed by atoms with Crippen LogP contribution in [0.25, 0.3) is 0 Å². The molecule has 1 saturated carbocycles. The van der Waals surface area contributed by atoms with E-state index >= 15 is 0 Å². The van der Waals surface area contributed by atoms with Gasteiger partial charge in [0.15, 0.2) is 0 Å². The Hall–Kier alpha value is -1.42. The highest BCUT2D eigenvalue weighted by Crippen LogP contribution is 2.36. The summed E-state index contributed by atoms with van der Waals surface area (Å²) in [5, 5.41) is 9.21. The fraction of sp³-hybridized carbons (Fsp3) is 0.600. The van der Waals surface area contributed by atoms with Crippen LogP contribution in [0.15, 0.2) is 24.5 Å². The highest BCUT2D eigenvalue weighted by molar-refractivity contribution is 5.68. The lowest BCUT2D eigenvalue weighted by atomic mass is 9.78. The molecule has 0 bridgehead atoms. The molecule has 0 spiro atoms. The number of carbonyl (C=O) groups is 1. The van der Waals surface area contributed by atoms with Gasteiger partial charge in [-0.3, -0.25) is 14.7 Å². The topological polar surface area (TPSA) is 53.4 Å². The monoisotopic (exact) mass is 262 g/mol. The molecule has 0 atom stereocenters. The van der Waals surface area contributed by atoms with Gasteiger partial charge < -0.3 is 5.11 Å². The summed E-state index contributed by atoms with van der Waals surface area (Å²) in [5.74, 6) is -0.691. The number of hydrogen-bond donors (Lipinski definition) is 1. The minimum atomic E-state index is -0.691. The Morgan fingerprint density at radius 2 is 1.95 bits per heavy atom. The summed E-state index contributed by atoms with van der Waals surface area (Å²) in [4.78, 5) is 17.4. The van der Waals surface area contributed by atoms with Crippen LogP contribution < -0.4 is 0 Å². The molecule has 1 aliphatic rings. The Morgan fingerprint density at radius 1 is 1.32 bits per heavy atom. The highest BCUT2D eigenvalue weighted by Gasteiger charge is 2.37. The van der Waals surface area contributed by atoms with Gasteiger partial charge in [-0.2, -0.15) is 0 Å². The first kappa shape index (κ1) is 14.0. The van der Waals surface area contributed by atoms with Gasteiger partial charge in [0.1, 0.15) is 0 Å². The van der Waals surface area contributed by atoms with E-state index in [4.69, 9.17) is 0 Å². The smallest absolute Gasteiger partial charge is 0.305 e. The standard InChI is InChI=1S/C15H22N2O2/c1-17(12-13-5-9-16-10-6-13)15(11-14(18)19)7-3-2-4-8-15/h5-6,9-10H,2-4,7-8,11-12H2,1H3,(H,18,19). The van der Waals surface area contributed by atoms with E-state index in [1.165, 1.54) is 12.0 Å². The maximum Gasteiger partial charge on any atom is 0.305 e. The molecule has 0 aromatic carbocycles. The van der Waals surface area contributed by atoms with Crippen molar-refractivity contribution >= 4 is 5.97 Å². The molecule has 0 saturated heterocycles. The summed E-state index contributed by atoms with van der Waals surface area (Å²) in [6, 6.07) is 3.99. The molecule has 0 radical (unpaired) electrons. The number of carboxylic acid groups (broad SMARTS) is 1. The SMILES string of the molecule is CN(Cc1ccncc1)C1(CC(=O)O)CCCCC1. The van der Waals surface area contributed by atoms with Crippen molar-refractivity contribution in [3.05, 3.63) is 30.1 Å². The van der Waals surface area contributed by atoms with Crippen LogP contribution in [-0.2, 0) is 11.3 Å². The second-order valence-corrected chi connectivity index (χ2v) is 5.57. The Labute approximate surface area is 114 Å². The molecule has 19 heavy (non-hydrogen) atoms. The molecule has 1 aromatic heterocycles. The van der Waals surface area contributed by atoms with Crippen LogP contribution in [0.2, 0.25) is 0 Å². The second kappa shape index (κ2) is 6.15. The maximum atomic E-state index is 11.2. The van der Waals surface area contributed by atoms with Crippen LogP contribution in [0.3, 0.4) is 0 Å². The van der Waals surface area contributed by atoms with Gasteiger partial charge in [-0.05, 0) is 37.6 Å². The summed E-state index contributed by atoms with van der Waals surface area (Å²) in [7, 11) is 2.05. The van der Waals surface area contributed by atoms with Crippen LogP contribution in [0.4, 0.5) is 0 Å². The molecule has 0 amide bonds. The van der Waals surface area contributed by atoms with Gasteiger partial charge >= 0.3 is 5.97 Å². The largest absolute Gasteiger partial charge is 0.481 e. The quantitative estimate of drug-likeness (QED) is 0.886. The lowest BCUT2D eigenvalue weighted by molar-refractivity contribution is -0.141. The fourth-order valence-electron chi connectivity index (χ4n) is 3.11. The zero-order chi connectivity index (χ0) is 13.7. The number of aromatic nitrogens is 1. The number of aliphatic carboxylic acids is 1. The Balaban J connectivity index is 2.11. The molecule has 1 aliphatic carbocycles.